The summed E-state index contributed by atoms with van der Waals surface area (Å²) in [6.45, 7) is 3.61. The van der Waals surface area contributed by atoms with Crippen LogP contribution in [0.4, 0.5) is 0 Å². The molecular weight excluding hydrogens is 762 g/mol. The van der Waals surface area contributed by atoms with Crippen LogP contribution < -0.4 is 5.73 Å². The molecule has 0 radical (unpaired) electrons. The van der Waals surface area contributed by atoms with E-state index in [4.69, 9.17) is 24.3 Å². The zero-order valence-electron chi connectivity index (χ0n) is 38.2. The molecule has 0 saturated heterocycles. The number of carbonyl (C=O) groups is 2. The van der Waals surface area contributed by atoms with Crippen LogP contribution in [0.1, 0.15) is 232 Å². The van der Waals surface area contributed by atoms with Crippen molar-refractivity contribution >= 4 is 19.8 Å². The summed E-state index contributed by atoms with van der Waals surface area (Å²) in [7, 11) is -4.38. The van der Waals surface area contributed by atoms with Gasteiger partial charge in [-0.1, -0.05) is 211 Å². The smallest absolute Gasteiger partial charge is 0.462 e. The maximum absolute atomic E-state index is 12.6. The van der Waals surface area contributed by atoms with E-state index in [-0.39, 0.29) is 38.6 Å². The number of phosphoric ester groups is 1. The molecule has 0 aromatic carbocycles. The predicted octanol–water partition coefficient (Wildman–Crippen LogP) is 14.5. The minimum absolute atomic E-state index is 0.0490. The molecule has 0 spiro atoms. The molecule has 0 aliphatic rings. The van der Waals surface area contributed by atoms with Crippen molar-refractivity contribution in [3.8, 4) is 0 Å². The van der Waals surface area contributed by atoms with Crippen LogP contribution in [0.15, 0.2) is 36.5 Å². The van der Waals surface area contributed by atoms with E-state index in [0.717, 1.165) is 57.8 Å². The van der Waals surface area contributed by atoms with Gasteiger partial charge in [0.05, 0.1) is 13.2 Å². The molecule has 2 atom stereocenters. The van der Waals surface area contributed by atoms with Gasteiger partial charge >= 0.3 is 19.8 Å². The van der Waals surface area contributed by atoms with Crippen molar-refractivity contribution in [3.05, 3.63) is 36.5 Å². The molecule has 0 aromatic rings. The van der Waals surface area contributed by atoms with E-state index < -0.39 is 26.5 Å². The van der Waals surface area contributed by atoms with Gasteiger partial charge in [-0.25, -0.2) is 4.57 Å². The summed E-state index contributed by atoms with van der Waals surface area (Å²) in [6.07, 6.45) is 52.0. The number of rotatable bonds is 46. The largest absolute Gasteiger partial charge is 0.472 e. The van der Waals surface area contributed by atoms with Gasteiger partial charge in [-0.3, -0.25) is 18.6 Å². The predicted molar refractivity (Wildman–Crippen MR) is 247 cm³/mol. The van der Waals surface area contributed by atoms with Gasteiger partial charge in [0.2, 0.25) is 0 Å². The maximum atomic E-state index is 12.6. The van der Waals surface area contributed by atoms with Crippen LogP contribution in [0.2, 0.25) is 0 Å². The Labute approximate surface area is 363 Å². The van der Waals surface area contributed by atoms with E-state index >= 15 is 0 Å². The van der Waals surface area contributed by atoms with Crippen LogP contribution in [0, 0.1) is 0 Å². The molecule has 10 heteroatoms. The van der Waals surface area contributed by atoms with E-state index in [2.05, 4.69) is 50.3 Å². The first-order valence-electron chi connectivity index (χ1n) is 24.5. The molecule has 0 rings (SSSR count). The molecule has 0 fully saturated rings. The summed E-state index contributed by atoms with van der Waals surface area (Å²) >= 11 is 0. The van der Waals surface area contributed by atoms with Crippen LogP contribution in [-0.2, 0) is 32.7 Å². The first-order chi connectivity index (χ1) is 28.8. The fourth-order valence-electron chi connectivity index (χ4n) is 6.94. The van der Waals surface area contributed by atoms with Crippen LogP contribution in [0.3, 0.4) is 0 Å². The van der Waals surface area contributed by atoms with E-state index in [1.807, 2.05) is 0 Å². The molecule has 3 N–H and O–H groups in total. The van der Waals surface area contributed by atoms with Crippen molar-refractivity contribution in [2.75, 3.05) is 26.4 Å². The molecule has 0 aliphatic heterocycles. The van der Waals surface area contributed by atoms with Gasteiger partial charge in [0.25, 0.3) is 0 Å². The topological polar surface area (TPSA) is 134 Å². The van der Waals surface area contributed by atoms with Gasteiger partial charge in [-0.05, 0) is 44.9 Å². The number of hydrogen-bond donors (Lipinski definition) is 2. The normalized spacial score (nSPS) is 13.5. The number of carbonyl (C=O) groups excluding carboxylic acids is 2. The summed E-state index contributed by atoms with van der Waals surface area (Å²) in [5.74, 6) is -0.855. The first kappa shape index (κ1) is 57.2. The van der Waals surface area contributed by atoms with Gasteiger partial charge < -0.3 is 20.1 Å². The van der Waals surface area contributed by atoms with Crippen LogP contribution >= 0.6 is 7.82 Å². The average Bonchev–Trinajstić information content (AvgIpc) is 3.22. The van der Waals surface area contributed by atoms with Crippen molar-refractivity contribution in [1.82, 2.24) is 0 Å². The van der Waals surface area contributed by atoms with Crippen molar-refractivity contribution in [2.45, 2.75) is 238 Å². The lowest BCUT2D eigenvalue weighted by Crippen LogP contribution is -2.29. The Balaban J connectivity index is 3.96. The Morgan fingerprint density at radius 1 is 0.525 bits per heavy atom. The Morgan fingerprint density at radius 3 is 1.39 bits per heavy atom. The molecular formula is C49H92NO8P. The summed E-state index contributed by atoms with van der Waals surface area (Å²) in [6, 6.07) is 0. The van der Waals surface area contributed by atoms with Gasteiger partial charge in [0, 0.05) is 19.4 Å². The second-order valence-electron chi connectivity index (χ2n) is 16.3. The zero-order chi connectivity index (χ0) is 43.2. The molecule has 9 nitrogen and oxygen atoms in total. The average molecular weight is 854 g/mol. The second-order valence-corrected chi connectivity index (χ2v) is 17.8. The Hall–Kier alpha value is -1.77. The molecule has 0 saturated carbocycles. The Kier molecular flexibility index (Phi) is 44.4. The van der Waals surface area contributed by atoms with Gasteiger partial charge in [0.15, 0.2) is 6.10 Å². The van der Waals surface area contributed by atoms with Gasteiger partial charge in [-0.2, -0.15) is 0 Å². The van der Waals surface area contributed by atoms with Crippen molar-refractivity contribution in [2.24, 2.45) is 5.73 Å². The SMILES string of the molecule is CC/C=C\C/C=C\C/C=C\CCCCCC(=O)OC(COC(=O)CCCCCCCCCCCCCCCCCCCCCCCCCCC)COP(=O)(O)OCCN. The Bertz CT molecular complexity index is 1060. The summed E-state index contributed by atoms with van der Waals surface area (Å²) in [5, 5.41) is 0. The zero-order valence-corrected chi connectivity index (χ0v) is 39.1. The fourth-order valence-corrected chi connectivity index (χ4v) is 7.71. The lowest BCUT2D eigenvalue weighted by molar-refractivity contribution is -0.161. The minimum Gasteiger partial charge on any atom is -0.462 e. The number of esters is 2. The molecule has 0 amide bonds. The molecule has 346 valence electrons. The van der Waals surface area contributed by atoms with Crippen molar-refractivity contribution in [1.29, 1.82) is 0 Å². The lowest BCUT2D eigenvalue weighted by atomic mass is 10.0. The summed E-state index contributed by atoms with van der Waals surface area (Å²) in [5.41, 5.74) is 5.35. The van der Waals surface area contributed by atoms with Gasteiger partial charge in [-0.15, -0.1) is 0 Å². The molecule has 2 unspecified atom stereocenters. The second kappa shape index (κ2) is 45.7. The van der Waals surface area contributed by atoms with E-state index in [0.29, 0.717) is 6.42 Å². The molecule has 0 heterocycles. The quantitative estimate of drug-likeness (QED) is 0.0265. The van der Waals surface area contributed by atoms with E-state index in [1.54, 1.807) is 0 Å². The third-order valence-electron chi connectivity index (χ3n) is 10.5. The van der Waals surface area contributed by atoms with E-state index in [9.17, 15) is 19.0 Å². The third-order valence-corrected chi connectivity index (χ3v) is 11.5. The summed E-state index contributed by atoms with van der Waals surface area (Å²) < 4.78 is 32.8. The molecule has 0 aliphatic carbocycles. The van der Waals surface area contributed by atoms with E-state index in [1.165, 1.54) is 141 Å². The number of hydrogen-bond acceptors (Lipinski definition) is 8. The van der Waals surface area contributed by atoms with Crippen LogP contribution in [0.25, 0.3) is 0 Å². The van der Waals surface area contributed by atoms with Crippen LogP contribution in [-0.4, -0.2) is 49.3 Å². The summed E-state index contributed by atoms with van der Waals surface area (Å²) in [4.78, 5) is 34.9. The highest BCUT2D eigenvalue weighted by Crippen LogP contribution is 2.43. The number of allylic oxidation sites excluding steroid dienone is 6. The minimum atomic E-state index is -4.38. The first-order valence-corrected chi connectivity index (χ1v) is 26.0. The standard InChI is InChI=1S/C49H92NO8P/c1-3-5-7-9-11-13-15-17-18-19-20-21-22-23-24-25-26-27-28-30-31-33-35-37-39-41-48(51)55-45-47(46-57-59(53,54)56-44-43-50)58-49(52)42-40-38-36-34-32-29-16-14-12-10-8-6-4-2/h6,8,12,14,29,32,47H,3-5,7,9-11,13,15-28,30-31,33-46,50H2,1-2H3,(H,53,54)/b8-6-,14-12-,32-29-. The highest BCUT2D eigenvalue weighted by molar-refractivity contribution is 7.47. The molecule has 59 heavy (non-hydrogen) atoms. The molecule has 0 aromatic heterocycles. The van der Waals surface area contributed by atoms with Gasteiger partial charge in [0.1, 0.15) is 6.61 Å². The van der Waals surface area contributed by atoms with Crippen molar-refractivity contribution in [3.63, 3.8) is 0 Å². The third kappa shape index (κ3) is 45.6. The number of phosphoric acid groups is 1. The maximum Gasteiger partial charge on any atom is 0.472 e. The highest BCUT2D eigenvalue weighted by atomic mass is 31.2. The van der Waals surface area contributed by atoms with Crippen LogP contribution in [0.5, 0.6) is 0 Å². The highest BCUT2D eigenvalue weighted by Gasteiger charge is 2.26. The van der Waals surface area contributed by atoms with Crippen molar-refractivity contribution < 1.29 is 37.6 Å². The number of unbranched alkanes of at least 4 members (excludes halogenated alkanes) is 27. The monoisotopic (exact) mass is 854 g/mol. The fraction of sp³-hybridized carbons (Fsp3) is 0.837. The lowest BCUT2D eigenvalue weighted by Gasteiger charge is -2.19. The number of nitrogens with two attached hydrogens (primary N) is 1. The molecule has 0 bridgehead atoms. The number of ether oxygens (including phenoxy) is 2. The Morgan fingerprint density at radius 2 is 0.932 bits per heavy atom.